The van der Waals surface area contributed by atoms with Crippen molar-refractivity contribution in [3.63, 3.8) is 0 Å². The van der Waals surface area contributed by atoms with Crippen molar-refractivity contribution < 1.29 is 19.4 Å². The minimum Gasteiger partial charge on any atom is -0.481 e. The van der Waals surface area contributed by atoms with E-state index in [1.165, 1.54) is 5.56 Å². The van der Waals surface area contributed by atoms with Crippen LogP contribution in [0.25, 0.3) is 0 Å². The molecule has 1 saturated carbocycles. The number of aryl methyl sites for hydroxylation is 1. The van der Waals surface area contributed by atoms with Gasteiger partial charge in [0.15, 0.2) is 0 Å². The number of ether oxygens (including phenoxy) is 1. The zero-order valence-corrected chi connectivity index (χ0v) is 16.1. The standard InChI is InChI=1S/C21H31NO4/c1-20(2,3)26-19(25)22-15-21(18(23)24,14-17-11-12-17)13-7-10-16-8-5-4-6-9-16/h4-6,8-9,17H,7,10-15H2,1-3H3,(H,22,25)(H,23,24). The second-order valence-electron chi connectivity index (χ2n) is 8.43. The maximum absolute atomic E-state index is 12.1. The molecule has 0 aromatic heterocycles. The van der Waals surface area contributed by atoms with Crippen LogP contribution in [0.1, 0.15) is 58.4 Å². The molecule has 0 bridgehead atoms. The van der Waals surface area contributed by atoms with Gasteiger partial charge in [-0.1, -0.05) is 43.2 Å². The van der Waals surface area contributed by atoms with Crippen molar-refractivity contribution in [2.45, 2.75) is 64.9 Å². The van der Waals surface area contributed by atoms with E-state index in [9.17, 15) is 14.7 Å². The molecule has 1 aromatic rings. The number of hydrogen-bond acceptors (Lipinski definition) is 3. The molecule has 1 amide bonds. The van der Waals surface area contributed by atoms with Gasteiger partial charge in [-0.2, -0.15) is 0 Å². The van der Waals surface area contributed by atoms with Crippen molar-refractivity contribution in [1.29, 1.82) is 0 Å². The summed E-state index contributed by atoms with van der Waals surface area (Å²) < 4.78 is 5.26. The molecule has 2 rings (SSSR count). The number of rotatable bonds is 9. The van der Waals surface area contributed by atoms with Gasteiger partial charge in [-0.3, -0.25) is 4.79 Å². The number of carbonyl (C=O) groups is 2. The first kappa shape index (κ1) is 20.3. The summed E-state index contributed by atoms with van der Waals surface area (Å²) in [5.41, 5.74) is -0.314. The Hall–Kier alpha value is -2.04. The van der Waals surface area contributed by atoms with Crippen molar-refractivity contribution in [2.75, 3.05) is 6.54 Å². The molecule has 0 heterocycles. The summed E-state index contributed by atoms with van der Waals surface area (Å²) in [5, 5.41) is 12.7. The highest BCUT2D eigenvalue weighted by Crippen LogP contribution is 2.43. The first-order valence-corrected chi connectivity index (χ1v) is 9.44. The number of aliphatic carboxylic acids is 1. The minimum absolute atomic E-state index is 0.114. The molecule has 0 aliphatic heterocycles. The van der Waals surface area contributed by atoms with Gasteiger partial charge in [-0.25, -0.2) is 4.79 Å². The summed E-state index contributed by atoms with van der Waals surface area (Å²) in [6.45, 7) is 5.49. The summed E-state index contributed by atoms with van der Waals surface area (Å²) >= 11 is 0. The van der Waals surface area contributed by atoms with Gasteiger partial charge in [0.25, 0.3) is 0 Å². The quantitative estimate of drug-likeness (QED) is 0.683. The van der Waals surface area contributed by atoms with Crippen molar-refractivity contribution in [3.8, 4) is 0 Å². The Labute approximate surface area is 156 Å². The van der Waals surface area contributed by atoms with Crippen molar-refractivity contribution >= 4 is 12.1 Å². The van der Waals surface area contributed by atoms with Gasteiger partial charge in [-0.05, 0) is 57.9 Å². The third-order valence-electron chi connectivity index (χ3n) is 4.76. The first-order chi connectivity index (χ1) is 12.2. The first-order valence-electron chi connectivity index (χ1n) is 9.44. The van der Waals surface area contributed by atoms with Crippen LogP contribution >= 0.6 is 0 Å². The third-order valence-corrected chi connectivity index (χ3v) is 4.76. The minimum atomic E-state index is -0.924. The van der Waals surface area contributed by atoms with E-state index in [-0.39, 0.29) is 6.54 Å². The predicted octanol–water partition coefficient (Wildman–Crippen LogP) is 4.41. The zero-order chi connectivity index (χ0) is 19.2. The summed E-state index contributed by atoms with van der Waals surface area (Å²) in [5.74, 6) is -0.364. The van der Waals surface area contributed by atoms with E-state index in [2.05, 4.69) is 17.4 Å². The van der Waals surface area contributed by atoms with E-state index in [1.807, 2.05) is 18.2 Å². The second kappa shape index (κ2) is 8.56. The second-order valence-corrected chi connectivity index (χ2v) is 8.43. The highest BCUT2D eigenvalue weighted by Gasteiger charge is 2.43. The summed E-state index contributed by atoms with van der Waals surface area (Å²) in [6, 6.07) is 10.1. The van der Waals surface area contributed by atoms with E-state index in [1.54, 1.807) is 20.8 Å². The molecule has 1 aliphatic carbocycles. The largest absolute Gasteiger partial charge is 0.481 e. The van der Waals surface area contributed by atoms with Gasteiger partial charge < -0.3 is 15.2 Å². The number of carboxylic acid groups (broad SMARTS) is 1. The van der Waals surface area contributed by atoms with Crippen molar-refractivity contribution in [3.05, 3.63) is 35.9 Å². The van der Waals surface area contributed by atoms with Gasteiger partial charge in [-0.15, -0.1) is 0 Å². The van der Waals surface area contributed by atoms with Gasteiger partial charge in [0.2, 0.25) is 0 Å². The monoisotopic (exact) mass is 361 g/mol. The van der Waals surface area contributed by atoms with Crippen LogP contribution in [0.5, 0.6) is 0 Å². The van der Waals surface area contributed by atoms with Crippen LogP contribution in [0.3, 0.4) is 0 Å². The smallest absolute Gasteiger partial charge is 0.407 e. The number of nitrogens with one attached hydrogen (secondary N) is 1. The van der Waals surface area contributed by atoms with E-state index in [0.717, 1.165) is 25.7 Å². The van der Waals surface area contributed by atoms with Gasteiger partial charge in [0, 0.05) is 6.54 Å². The Balaban J connectivity index is 1.98. The number of amides is 1. The van der Waals surface area contributed by atoms with Crippen molar-refractivity contribution in [2.24, 2.45) is 11.3 Å². The molecular weight excluding hydrogens is 330 g/mol. The SMILES string of the molecule is CC(C)(C)OC(=O)NCC(CCCc1ccccc1)(CC1CC1)C(=O)O. The van der Waals surface area contributed by atoms with Gasteiger partial charge >= 0.3 is 12.1 Å². The van der Waals surface area contributed by atoms with Crippen LogP contribution < -0.4 is 5.32 Å². The number of carbonyl (C=O) groups excluding carboxylic acids is 1. The van der Waals surface area contributed by atoms with Crippen LogP contribution in [0, 0.1) is 11.3 Å². The maximum atomic E-state index is 12.1. The normalized spacial score (nSPS) is 16.6. The Morgan fingerprint density at radius 2 is 1.85 bits per heavy atom. The lowest BCUT2D eigenvalue weighted by Gasteiger charge is -2.30. The molecular formula is C21H31NO4. The molecule has 0 saturated heterocycles. The highest BCUT2D eigenvalue weighted by atomic mass is 16.6. The number of hydrogen-bond donors (Lipinski definition) is 2. The fraction of sp³-hybridized carbons (Fsp3) is 0.619. The molecule has 1 aliphatic rings. The predicted molar refractivity (Wildman–Crippen MR) is 101 cm³/mol. The van der Waals surface area contributed by atoms with E-state index in [4.69, 9.17) is 4.74 Å². The molecule has 5 heteroatoms. The lowest BCUT2D eigenvalue weighted by Crippen LogP contribution is -2.45. The maximum Gasteiger partial charge on any atom is 0.407 e. The lowest BCUT2D eigenvalue weighted by molar-refractivity contribution is -0.150. The highest BCUT2D eigenvalue weighted by molar-refractivity contribution is 5.76. The van der Waals surface area contributed by atoms with Gasteiger partial charge in [0.1, 0.15) is 5.60 Å². The van der Waals surface area contributed by atoms with E-state index >= 15 is 0 Å². The molecule has 1 aromatic carbocycles. The Morgan fingerprint density at radius 1 is 1.19 bits per heavy atom. The summed E-state index contributed by atoms with van der Waals surface area (Å²) in [6.07, 6.45) is 4.39. The summed E-state index contributed by atoms with van der Waals surface area (Å²) in [7, 11) is 0. The van der Waals surface area contributed by atoms with Crippen LogP contribution in [0.15, 0.2) is 30.3 Å². The molecule has 1 fully saturated rings. The Morgan fingerprint density at radius 3 is 2.38 bits per heavy atom. The average molecular weight is 361 g/mol. The lowest BCUT2D eigenvalue weighted by atomic mass is 9.77. The molecule has 1 unspecified atom stereocenters. The van der Waals surface area contributed by atoms with Crippen LogP contribution in [-0.2, 0) is 16.0 Å². The molecule has 0 spiro atoms. The average Bonchev–Trinajstić information content (AvgIpc) is 3.35. The van der Waals surface area contributed by atoms with Crippen molar-refractivity contribution in [1.82, 2.24) is 5.32 Å². The molecule has 2 N–H and O–H groups in total. The van der Waals surface area contributed by atoms with Crippen LogP contribution in [-0.4, -0.2) is 29.3 Å². The molecule has 26 heavy (non-hydrogen) atoms. The van der Waals surface area contributed by atoms with E-state index in [0.29, 0.717) is 18.8 Å². The number of carboxylic acids is 1. The van der Waals surface area contributed by atoms with Crippen LogP contribution in [0.4, 0.5) is 4.79 Å². The molecule has 5 nitrogen and oxygen atoms in total. The Bertz CT molecular complexity index is 604. The molecule has 1 atom stereocenters. The molecule has 144 valence electrons. The fourth-order valence-corrected chi connectivity index (χ4v) is 3.24. The topological polar surface area (TPSA) is 75.6 Å². The number of benzene rings is 1. The zero-order valence-electron chi connectivity index (χ0n) is 16.1. The third kappa shape index (κ3) is 6.70. The fourth-order valence-electron chi connectivity index (χ4n) is 3.24. The van der Waals surface area contributed by atoms with Crippen LogP contribution in [0.2, 0.25) is 0 Å². The van der Waals surface area contributed by atoms with Gasteiger partial charge in [0.05, 0.1) is 5.41 Å². The summed E-state index contributed by atoms with van der Waals surface area (Å²) in [4.78, 5) is 24.1. The molecule has 0 radical (unpaired) electrons. The number of alkyl carbamates (subject to hydrolysis) is 1. The van der Waals surface area contributed by atoms with E-state index < -0.39 is 23.1 Å². The Kier molecular flexibility index (Phi) is 6.68.